The monoisotopic (exact) mass is 332 g/mol. The third-order valence-electron chi connectivity index (χ3n) is 3.26. The minimum atomic E-state index is 0.160. The van der Waals surface area contributed by atoms with E-state index in [9.17, 15) is 0 Å². The Morgan fingerprint density at radius 1 is 1.15 bits per heavy atom. The molecule has 2 nitrogen and oxygen atoms in total. The maximum absolute atomic E-state index is 5.96. The molecular formula is C17H21BrN2. The van der Waals surface area contributed by atoms with E-state index in [2.05, 4.69) is 70.3 Å². The number of anilines is 1. The average molecular weight is 333 g/mol. The lowest BCUT2D eigenvalue weighted by Gasteiger charge is -2.23. The van der Waals surface area contributed by atoms with E-state index in [1.807, 2.05) is 13.0 Å². The van der Waals surface area contributed by atoms with Crippen LogP contribution in [0, 0.1) is 0 Å². The molecule has 0 saturated carbocycles. The van der Waals surface area contributed by atoms with E-state index in [1.165, 1.54) is 16.8 Å². The molecule has 0 aliphatic carbocycles. The lowest BCUT2D eigenvalue weighted by atomic mass is 10.0. The Balaban J connectivity index is 2.22. The summed E-state index contributed by atoms with van der Waals surface area (Å²) in [6.45, 7) is 2.94. The van der Waals surface area contributed by atoms with Crippen LogP contribution in [0.5, 0.6) is 0 Å². The van der Waals surface area contributed by atoms with Crippen molar-refractivity contribution in [1.29, 1.82) is 0 Å². The summed E-state index contributed by atoms with van der Waals surface area (Å²) >= 11 is 3.54. The van der Waals surface area contributed by atoms with E-state index < -0.39 is 0 Å². The molecule has 106 valence electrons. The molecule has 0 radical (unpaired) electrons. The Bertz CT molecular complexity index is 552. The van der Waals surface area contributed by atoms with Crippen molar-refractivity contribution in [2.45, 2.75) is 25.9 Å². The Morgan fingerprint density at radius 3 is 2.50 bits per heavy atom. The molecule has 20 heavy (non-hydrogen) atoms. The molecule has 0 spiro atoms. The zero-order valence-corrected chi connectivity index (χ0v) is 13.6. The first kappa shape index (κ1) is 15.1. The zero-order chi connectivity index (χ0) is 14.5. The predicted molar refractivity (Wildman–Crippen MR) is 90.0 cm³/mol. The summed E-state index contributed by atoms with van der Waals surface area (Å²) in [5.41, 5.74) is 9.80. The molecule has 0 bridgehead atoms. The van der Waals surface area contributed by atoms with Crippen molar-refractivity contribution in [2.24, 2.45) is 5.73 Å². The number of nitrogens with two attached hydrogens (primary N) is 1. The van der Waals surface area contributed by atoms with Crippen LogP contribution in [0.2, 0.25) is 0 Å². The second-order valence-electron chi connectivity index (χ2n) is 5.30. The average Bonchev–Trinajstić information content (AvgIpc) is 2.39. The first-order valence-electron chi connectivity index (χ1n) is 6.85. The van der Waals surface area contributed by atoms with Gasteiger partial charge >= 0.3 is 0 Å². The lowest BCUT2D eigenvalue weighted by Crippen LogP contribution is -2.22. The highest BCUT2D eigenvalue weighted by atomic mass is 79.9. The van der Waals surface area contributed by atoms with Crippen LogP contribution in [-0.2, 0) is 13.0 Å². The number of halogens is 1. The molecule has 0 aromatic heterocycles. The molecule has 0 amide bonds. The van der Waals surface area contributed by atoms with Crippen LogP contribution in [0.1, 0.15) is 18.1 Å². The molecule has 2 aromatic rings. The van der Waals surface area contributed by atoms with Crippen molar-refractivity contribution < 1.29 is 0 Å². The van der Waals surface area contributed by atoms with Crippen molar-refractivity contribution in [3.63, 3.8) is 0 Å². The molecule has 0 aliphatic rings. The predicted octanol–water partition coefficient (Wildman–Crippen LogP) is 3.98. The maximum Gasteiger partial charge on any atom is 0.0426 e. The van der Waals surface area contributed by atoms with Crippen molar-refractivity contribution >= 4 is 21.6 Å². The van der Waals surface area contributed by atoms with Gasteiger partial charge in [-0.3, -0.25) is 0 Å². The minimum absolute atomic E-state index is 0.160. The fourth-order valence-electron chi connectivity index (χ4n) is 2.38. The van der Waals surface area contributed by atoms with Crippen molar-refractivity contribution in [2.75, 3.05) is 11.9 Å². The van der Waals surface area contributed by atoms with Crippen LogP contribution >= 0.6 is 15.9 Å². The van der Waals surface area contributed by atoms with Gasteiger partial charge in [0.25, 0.3) is 0 Å². The van der Waals surface area contributed by atoms with Crippen molar-refractivity contribution in [1.82, 2.24) is 0 Å². The number of benzene rings is 2. The molecular weight excluding hydrogens is 312 g/mol. The van der Waals surface area contributed by atoms with E-state index in [0.29, 0.717) is 0 Å². The van der Waals surface area contributed by atoms with E-state index in [1.54, 1.807) is 0 Å². The molecule has 3 heteroatoms. The second kappa shape index (κ2) is 6.91. The molecule has 0 heterocycles. The van der Waals surface area contributed by atoms with Crippen LogP contribution < -0.4 is 10.6 Å². The quantitative estimate of drug-likeness (QED) is 0.897. The summed E-state index contributed by atoms with van der Waals surface area (Å²) in [6, 6.07) is 17.1. The van der Waals surface area contributed by atoms with E-state index >= 15 is 0 Å². The normalized spacial score (nSPS) is 12.2. The van der Waals surface area contributed by atoms with Gasteiger partial charge in [0.1, 0.15) is 0 Å². The van der Waals surface area contributed by atoms with Gasteiger partial charge in [0.05, 0.1) is 0 Å². The van der Waals surface area contributed by atoms with Gasteiger partial charge in [-0.1, -0.05) is 46.3 Å². The molecule has 0 aliphatic heterocycles. The van der Waals surface area contributed by atoms with Crippen LogP contribution in [0.4, 0.5) is 5.69 Å². The van der Waals surface area contributed by atoms with Gasteiger partial charge in [-0.25, -0.2) is 0 Å². The molecule has 2 rings (SSSR count). The Labute approximate surface area is 129 Å². The highest BCUT2D eigenvalue weighted by Gasteiger charge is 2.10. The Hall–Kier alpha value is -1.32. The van der Waals surface area contributed by atoms with E-state index in [4.69, 9.17) is 5.73 Å². The van der Waals surface area contributed by atoms with Gasteiger partial charge in [-0.2, -0.15) is 0 Å². The Morgan fingerprint density at radius 2 is 1.85 bits per heavy atom. The summed E-state index contributed by atoms with van der Waals surface area (Å²) in [6.07, 6.45) is 0.883. The summed E-state index contributed by atoms with van der Waals surface area (Å²) in [5, 5.41) is 0. The largest absolute Gasteiger partial charge is 0.370 e. The van der Waals surface area contributed by atoms with Gasteiger partial charge in [0.15, 0.2) is 0 Å². The highest BCUT2D eigenvalue weighted by molar-refractivity contribution is 9.10. The highest BCUT2D eigenvalue weighted by Crippen LogP contribution is 2.26. The molecule has 1 unspecified atom stereocenters. The van der Waals surface area contributed by atoms with Crippen molar-refractivity contribution in [3.8, 4) is 0 Å². The van der Waals surface area contributed by atoms with E-state index in [0.717, 1.165) is 17.4 Å². The molecule has 0 fully saturated rings. The summed E-state index contributed by atoms with van der Waals surface area (Å²) in [7, 11) is 2.13. The third-order valence-corrected chi connectivity index (χ3v) is 3.75. The summed E-state index contributed by atoms with van der Waals surface area (Å²) in [5.74, 6) is 0. The molecule has 1 atom stereocenters. The lowest BCUT2D eigenvalue weighted by molar-refractivity contribution is 0.734. The minimum Gasteiger partial charge on any atom is -0.370 e. The zero-order valence-electron chi connectivity index (χ0n) is 12.0. The molecule has 2 aromatic carbocycles. The standard InChI is InChI=1S/C17H21BrN2/c1-13(19)10-15-11-16(18)8-9-17(15)20(2)12-14-6-4-3-5-7-14/h3-9,11,13H,10,12,19H2,1-2H3. The van der Waals surface area contributed by atoms with Gasteiger partial charge in [0.2, 0.25) is 0 Å². The van der Waals surface area contributed by atoms with Crippen LogP contribution in [-0.4, -0.2) is 13.1 Å². The maximum atomic E-state index is 5.96. The fraction of sp³-hybridized carbons (Fsp3) is 0.294. The third kappa shape index (κ3) is 4.09. The number of nitrogens with zero attached hydrogens (tertiary/aromatic N) is 1. The van der Waals surface area contributed by atoms with Crippen LogP contribution in [0.3, 0.4) is 0 Å². The Kier molecular flexibility index (Phi) is 5.21. The topological polar surface area (TPSA) is 29.3 Å². The van der Waals surface area contributed by atoms with Gasteiger partial charge in [-0.15, -0.1) is 0 Å². The van der Waals surface area contributed by atoms with Crippen LogP contribution in [0.25, 0.3) is 0 Å². The summed E-state index contributed by atoms with van der Waals surface area (Å²) in [4.78, 5) is 2.28. The first-order valence-corrected chi connectivity index (χ1v) is 7.64. The second-order valence-corrected chi connectivity index (χ2v) is 6.21. The summed E-state index contributed by atoms with van der Waals surface area (Å²) < 4.78 is 1.10. The first-order chi connectivity index (χ1) is 9.56. The van der Waals surface area contributed by atoms with Gasteiger partial charge in [0, 0.05) is 29.8 Å². The van der Waals surface area contributed by atoms with Crippen LogP contribution in [0.15, 0.2) is 53.0 Å². The fourth-order valence-corrected chi connectivity index (χ4v) is 2.79. The molecule has 2 N–H and O–H groups in total. The molecule has 0 saturated heterocycles. The van der Waals surface area contributed by atoms with Gasteiger partial charge in [-0.05, 0) is 42.7 Å². The van der Waals surface area contributed by atoms with Gasteiger partial charge < -0.3 is 10.6 Å². The smallest absolute Gasteiger partial charge is 0.0426 e. The SMILES string of the molecule is CC(N)Cc1cc(Br)ccc1N(C)Cc1ccccc1. The van der Waals surface area contributed by atoms with E-state index in [-0.39, 0.29) is 6.04 Å². The van der Waals surface area contributed by atoms with Crippen molar-refractivity contribution in [3.05, 3.63) is 64.1 Å². The number of hydrogen-bond donors (Lipinski definition) is 1. The number of hydrogen-bond acceptors (Lipinski definition) is 2. The number of rotatable bonds is 5.